The predicted molar refractivity (Wildman–Crippen MR) is 79.9 cm³/mol. The second-order valence-corrected chi connectivity index (χ2v) is 7.05. The molecule has 2 rings (SSSR count). The molecule has 1 N–H and O–H groups in total. The van der Waals surface area contributed by atoms with E-state index in [0.29, 0.717) is 13.0 Å². The zero-order valence-electron chi connectivity index (χ0n) is 12.9. The molecule has 23 heavy (non-hydrogen) atoms. The maximum atomic E-state index is 12.4. The summed E-state index contributed by atoms with van der Waals surface area (Å²) >= 11 is 0. The van der Waals surface area contributed by atoms with E-state index in [-0.39, 0.29) is 18.3 Å². The summed E-state index contributed by atoms with van der Waals surface area (Å²) in [4.78, 5) is 25.6. The second kappa shape index (κ2) is 6.94. The number of piperidine rings is 1. The van der Waals surface area contributed by atoms with Crippen LogP contribution in [0.3, 0.4) is 0 Å². The van der Waals surface area contributed by atoms with Gasteiger partial charge in [0.2, 0.25) is 15.9 Å². The number of carbonyl (C=O) groups is 2. The first-order valence-electron chi connectivity index (χ1n) is 7.05. The number of methoxy groups -OCH3 is 1. The Balaban J connectivity index is 2.04. The van der Waals surface area contributed by atoms with Crippen molar-refractivity contribution in [3.8, 4) is 0 Å². The van der Waals surface area contributed by atoms with Crippen LogP contribution in [0.1, 0.15) is 19.3 Å². The normalized spacial score (nSPS) is 18.5. The van der Waals surface area contributed by atoms with Crippen LogP contribution in [-0.4, -0.2) is 66.1 Å². The smallest absolute Gasteiger partial charge is 0.328 e. The molecule has 1 aromatic heterocycles. The lowest BCUT2D eigenvalue weighted by molar-refractivity contribution is -0.155. The van der Waals surface area contributed by atoms with Gasteiger partial charge >= 0.3 is 5.97 Å². The van der Waals surface area contributed by atoms with Gasteiger partial charge in [0.05, 0.1) is 19.6 Å². The SMILES string of the molecule is COC(=O)C1CCCCN1C(=O)Cn1cc(NS(C)(=O)=O)nn1. The van der Waals surface area contributed by atoms with Gasteiger partial charge in [-0.05, 0) is 19.3 Å². The molecule has 1 amide bonds. The van der Waals surface area contributed by atoms with Crippen LogP contribution >= 0.6 is 0 Å². The number of amides is 1. The summed E-state index contributed by atoms with van der Waals surface area (Å²) in [6.07, 6.45) is 4.55. The van der Waals surface area contributed by atoms with Crippen LogP contribution in [0.2, 0.25) is 0 Å². The van der Waals surface area contributed by atoms with E-state index < -0.39 is 22.0 Å². The lowest BCUT2D eigenvalue weighted by Gasteiger charge is -2.33. The van der Waals surface area contributed by atoms with Crippen LogP contribution in [0.25, 0.3) is 0 Å². The van der Waals surface area contributed by atoms with Crippen molar-refractivity contribution in [3.05, 3.63) is 6.20 Å². The van der Waals surface area contributed by atoms with Crippen molar-refractivity contribution >= 4 is 27.7 Å². The third kappa shape index (κ3) is 4.65. The van der Waals surface area contributed by atoms with Crippen LogP contribution in [-0.2, 0) is 30.9 Å². The number of rotatable bonds is 5. The van der Waals surface area contributed by atoms with Gasteiger partial charge in [-0.25, -0.2) is 17.9 Å². The molecule has 2 heterocycles. The van der Waals surface area contributed by atoms with Gasteiger partial charge in [0.25, 0.3) is 0 Å². The minimum absolute atomic E-state index is 0.0310. The van der Waals surface area contributed by atoms with Crippen molar-refractivity contribution in [1.82, 2.24) is 19.9 Å². The largest absolute Gasteiger partial charge is 0.467 e. The van der Waals surface area contributed by atoms with E-state index in [1.807, 2.05) is 0 Å². The van der Waals surface area contributed by atoms with Crippen molar-refractivity contribution in [2.45, 2.75) is 31.8 Å². The Bertz CT molecular complexity index is 686. The molecule has 1 atom stereocenters. The number of ether oxygens (including phenoxy) is 1. The molecule has 1 unspecified atom stereocenters. The first-order valence-corrected chi connectivity index (χ1v) is 8.94. The van der Waals surface area contributed by atoms with Crippen molar-refractivity contribution in [2.24, 2.45) is 0 Å². The molecule has 128 valence electrons. The number of likely N-dealkylation sites (tertiary alicyclic amines) is 1. The number of aromatic nitrogens is 3. The monoisotopic (exact) mass is 345 g/mol. The third-order valence-corrected chi connectivity index (χ3v) is 4.00. The molecule has 0 radical (unpaired) electrons. The summed E-state index contributed by atoms with van der Waals surface area (Å²) in [5.74, 6) is -0.699. The quantitative estimate of drug-likeness (QED) is 0.693. The van der Waals surface area contributed by atoms with E-state index in [9.17, 15) is 18.0 Å². The zero-order valence-corrected chi connectivity index (χ0v) is 13.7. The maximum absolute atomic E-state index is 12.4. The molecule has 11 heteroatoms. The van der Waals surface area contributed by atoms with Gasteiger partial charge in [-0.1, -0.05) is 5.21 Å². The van der Waals surface area contributed by atoms with Crippen molar-refractivity contribution in [2.75, 3.05) is 24.6 Å². The predicted octanol–water partition coefficient (Wildman–Crippen LogP) is -0.796. The van der Waals surface area contributed by atoms with Gasteiger partial charge < -0.3 is 9.64 Å². The van der Waals surface area contributed by atoms with Gasteiger partial charge in [0.15, 0.2) is 5.82 Å². The highest BCUT2D eigenvalue weighted by Crippen LogP contribution is 2.18. The summed E-state index contributed by atoms with van der Waals surface area (Å²) < 4.78 is 30.4. The van der Waals surface area contributed by atoms with E-state index in [4.69, 9.17) is 4.74 Å². The minimum Gasteiger partial charge on any atom is -0.467 e. The third-order valence-electron chi connectivity index (χ3n) is 3.42. The topological polar surface area (TPSA) is 123 Å². The summed E-state index contributed by atoms with van der Waals surface area (Å²) in [5, 5.41) is 7.33. The molecule has 1 aliphatic rings. The number of hydrogen-bond donors (Lipinski definition) is 1. The van der Waals surface area contributed by atoms with Crippen LogP contribution in [0.15, 0.2) is 6.20 Å². The number of esters is 1. The molecule has 1 saturated heterocycles. The van der Waals surface area contributed by atoms with Crippen molar-refractivity contribution < 1.29 is 22.7 Å². The Labute approximate surface area is 133 Å². The Hall–Kier alpha value is -2.17. The first-order chi connectivity index (χ1) is 10.8. The summed E-state index contributed by atoms with van der Waals surface area (Å²) in [5.41, 5.74) is 0. The second-order valence-electron chi connectivity index (χ2n) is 5.30. The number of sulfonamides is 1. The molecule has 0 bridgehead atoms. The number of anilines is 1. The average molecular weight is 345 g/mol. The van der Waals surface area contributed by atoms with E-state index >= 15 is 0 Å². The summed E-state index contributed by atoms with van der Waals surface area (Å²) in [6.45, 7) is 0.341. The van der Waals surface area contributed by atoms with E-state index in [0.717, 1.165) is 19.1 Å². The highest BCUT2D eigenvalue weighted by atomic mass is 32.2. The highest BCUT2D eigenvalue weighted by Gasteiger charge is 2.32. The van der Waals surface area contributed by atoms with Gasteiger partial charge in [-0.3, -0.25) is 9.52 Å². The van der Waals surface area contributed by atoms with Crippen LogP contribution in [0, 0.1) is 0 Å². The Morgan fingerprint density at radius 1 is 1.43 bits per heavy atom. The number of nitrogens with one attached hydrogen (secondary N) is 1. The van der Waals surface area contributed by atoms with Crippen LogP contribution in [0.5, 0.6) is 0 Å². The van der Waals surface area contributed by atoms with E-state index in [1.54, 1.807) is 0 Å². The molecule has 0 aliphatic carbocycles. The summed E-state index contributed by atoms with van der Waals surface area (Å²) in [6, 6.07) is -0.585. The van der Waals surface area contributed by atoms with Gasteiger partial charge in [-0.15, -0.1) is 5.10 Å². The van der Waals surface area contributed by atoms with Crippen LogP contribution < -0.4 is 4.72 Å². The van der Waals surface area contributed by atoms with Crippen molar-refractivity contribution in [3.63, 3.8) is 0 Å². The maximum Gasteiger partial charge on any atom is 0.328 e. The fourth-order valence-electron chi connectivity index (χ4n) is 2.45. The standard InChI is InChI=1S/C12H19N5O5S/c1-22-12(19)9-5-3-4-6-17(9)11(18)8-16-7-10(13-15-16)14-23(2,20)21/h7,9,14H,3-6,8H2,1-2H3. The molecule has 1 fully saturated rings. The molecule has 1 aromatic rings. The summed E-state index contributed by atoms with van der Waals surface area (Å²) in [7, 11) is -2.17. The molecule has 0 aromatic carbocycles. The van der Waals surface area contributed by atoms with Crippen molar-refractivity contribution in [1.29, 1.82) is 0 Å². The Morgan fingerprint density at radius 3 is 2.83 bits per heavy atom. The van der Waals surface area contributed by atoms with E-state index in [2.05, 4.69) is 15.0 Å². The Kier molecular flexibility index (Phi) is 5.19. The van der Waals surface area contributed by atoms with Crippen LogP contribution in [0.4, 0.5) is 5.82 Å². The molecule has 0 saturated carbocycles. The van der Waals surface area contributed by atoms with E-state index in [1.165, 1.54) is 22.9 Å². The molecule has 0 spiro atoms. The molecular formula is C12H19N5O5S. The number of hydrogen-bond acceptors (Lipinski definition) is 7. The van der Waals surface area contributed by atoms with Gasteiger partial charge in [0, 0.05) is 6.54 Å². The first kappa shape index (κ1) is 17.2. The molecular weight excluding hydrogens is 326 g/mol. The number of nitrogens with zero attached hydrogens (tertiary/aromatic N) is 4. The lowest BCUT2D eigenvalue weighted by Crippen LogP contribution is -2.49. The molecule has 1 aliphatic heterocycles. The molecule has 10 nitrogen and oxygen atoms in total. The Morgan fingerprint density at radius 2 is 2.17 bits per heavy atom. The van der Waals surface area contributed by atoms with Gasteiger partial charge in [-0.2, -0.15) is 0 Å². The minimum atomic E-state index is -3.46. The average Bonchev–Trinajstić information content (AvgIpc) is 2.91. The fourth-order valence-corrected chi connectivity index (χ4v) is 2.93. The zero-order chi connectivity index (χ0) is 17.0. The number of carbonyl (C=O) groups excluding carboxylic acids is 2. The fraction of sp³-hybridized carbons (Fsp3) is 0.667. The lowest BCUT2D eigenvalue weighted by atomic mass is 10.0. The van der Waals surface area contributed by atoms with Gasteiger partial charge in [0.1, 0.15) is 12.6 Å². The highest BCUT2D eigenvalue weighted by molar-refractivity contribution is 7.92.